The zero-order valence-corrected chi connectivity index (χ0v) is 12.4. The van der Waals surface area contributed by atoms with Crippen LogP contribution < -0.4 is 0 Å². The first-order chi connectivity index (χ1) is 9.04. The number of carboxylic acids is 1. The van der Waals surface area contributed by atoms with E-state index in [4.69, 9.17) is 5.11 Å². The van der Waals surface area contributed by atoms with E-state index in [2.05, 4.69) is 0 Å². The predicted molar refractivity (Wildman–Crippen MR) is 73.4 cm³/mol. The van der Waals surface area contributed by atoms with Crippen LogP contribution >= 0.6 is 0 Å². The number of rotatable bonds is 4. The molecule has 2 N–H and O–H groups in total. The Labute approximate surface area is 119 Å². The summed E-state index contributed by atoms with van der Waals surface area (Å²) >= 11 is 0. The molecule has 1 rings (SSSR count). The van der Waals surface area contributed by atoms with E-state index in [0.29, 0.717) is 0 Å². The van der Waals surface area contributed by atoms with E-state index >= 15 is 0 Å². The molecule has 1 aliphatic rings. The van der Waals surface area contributed by atoms with Crippen molar-refractivity contribution in [3.8, 4) is 0 Å². The molecule has 0 aromatic heterocycles. The summed E-state index contributed by atoms with van der Waals surface area (Å²) in [6.07, 6.45) is 8.61. The molecule has 0 aromatic rings. The zero-order chi connectivity index (χ0) is 15.9. The van der Waals surface area contributed by atoms with Crippen molar-refractivity contribution in [2.45, 2.75) is 43.5 Å². The van der Waals surface area contributed by atoms with Crippen LogP contribution in [0.3, 0.4) is 0 Å². The second-order valence-corrected chi connectivity index (χ2v) is 7.29. The number of carboxylic acid groups (broad SMARTS) is 1. The number of hydrogen-bond acceptors (Lipinski definition) is 2. The molecule has 0 aliphatic heterocycles. The van der Waals surface area contributed by atoms with Crippen molar-refractivity contribution < 1.29 is 32.3 Å². The second-order valence-electron chi connectivity index (χ2n) is 5.02. The Hall–Kier alpha value is -0.435. The summed E-state index contributed by atoms with van der Waals surface area (Å²) in [7, 11) is -6.26. The topological polar surface area (TPSA) is 57.5 Å². The minimum absolute atomic E-state index is 0.203. The first kappa shape index (κ1) is 19.6. The SMILES string of the molecule is C[S+](C)[C@H](C(=O)O)[C@@H](O)C1CCCCC1.F[B-](F)(F)F. The van der Waals surface area contributed by atoms with Crippen LogP contribution in [0.25, 0.3) is 0 Å². The average Bonchev–Trinajstić information content (AvgIpc) is 2.26. The van der Waals surface area contributed by atoms with Crippen LogP contribution in [-0.4, -0.2) is 47.3 Å². The highest BCUT2D eigenvalue weighted by molar-refractivity contribution is 7.96. The van der Waals surface area contributed by atoms with Crippen LogP contribution in [0, 0.1) is 5.92 Å². The number of halogens is 4. The standard InChI is InChI=1S/C11H20O3S.BF4/c1-15(2)10(11(13)14)9(12)8-6-4-3-5-7-8;2-1(3,4)5/h8-10,12H,3-7H2,1-2H3;/q;-1/p+1/t9-,10-;/m0./s1. The summed E-state index contributed by atoms with van der Waals surface area (Å²) in [6.45, 7) is 0. The van der Waals surface area contributed by atoms with Crippen molar-refractivity contribution in [1.82, 2.24) is 0 Å². The molecule has 0 aromatic carbocycles. The summed E-state index contributed by atoms with van der Waals surface area (Å²) in [4.78, 5) is 11.1. The maximum absolute atomic E-state index is 11.1. The molecule has 3 nitrogen and oxygen atoms in total. The lowest BCUT2D eigenvalue weighted by Crippen LogP contribution is -2.44. The lowest BCUT2D eigenvalue weighted by atomic mass is 9.84. The van der Waals surface area contributed by atoms with Gasteiger partial charge in [0.2, 0.25) is 5.25 Å². The molecular weight excluding hydrogens is 299 g/mol. The van der Waals surface area contributed by atoms with Gasteiger partial charge in [-0.15, -0.1) is 0 Å². The summed E-state index contributed by atoms with van der Waals surface area (Å²) in [5.74, 6) is -0.642. The molecule has 0 unspecified atom stereocenters. The lowest BCUT2D eigenvalue weighted by molar-refractivity contribution is -0.139. The monoisotopic (exact) mass is 320 g/mol. The zero-order valence-electron chi connectivity index (χ0n) is 11.6. The van der Waals surface area contributed by atoms with Crippen molar-refractivity contribution >= 4 is 24.1 Å². The van der Waals surface area contributed by atoms with Crippen LogP contribution in [0.1, 0.15) is 32.1 Å². The van der Waals surface area contributed by atoms with Crippen molar-refractivity contribution in [3.05, 3.63) is 0 Å². The Morgan fingerprint density at radius 1 is 1.15 bits per heavy atom. The average molecular weight is 320 g/mol. The molecule has 1 aliphatic carbocycles. The van der Waals surface area contributed by atoms with Crippen LogP contribution in [0.5, 0.6) is 0 Å². The third kappa shape index (κ3) is 8.68. The fraction of sp³-hybridized carbons (Fsp3) is 0.909. The van der Waals surface area contributed by atoms with Gasteiger partial charge in [0.1, 0.15) is 6.10 Å². The van der Waals surface area contributed by atoms with Gasteiger partial charge in [-0.2, -0.15) is 0 Å². The number of aliphatic hydroxyl groups is 1. The maximum atomic E-state index is 11.1. The van der Waals surface area contributed by atoms with E-state index in [9.17, 15) is 27.2 Å². The Balaban J connectivity index is 0.000000621. The Morgan fingerprint density at radius 3 is 1.85 bits per heavy atom. The largest absolute Gasteiger partial charge is 0.673 e. The molecule has 0 bridgehead atoms. The van der Waals surface area contributed by atoms with E-state index in [1.54, 1.807) is 0 Å². The van der Waals surface area contributed by atoms with Crippen LogP contribution in [0.15, 0.2) is 0 Å². The van der Waals surface area contributed by atoms with Gasteiger partial charge in [-0.3, -0.25) is 0 Å². The summed E-state index contributed by atoms with van der Waals surface area (Å²) in [5, 5.41) is 18.6. The highest BCUT2D eigenvalue weighted by Crippen LogP contribution is 2.29. The molecular formula is C11H21BF4O3S. The van der Waals surface area contributed by atoms with Crippen molar-refractivity contribution in [2.24, 2.45) is 5.92 Å². The van der Waals surface area contributed by atoms with Crippen LogP contribution in [0.2, 0.25) is 0 Å². The molecule has 9 heteroatoms. The van der Waals surface area contributed by atoms with Crippen LogP contribution in [-0.2, 0) is 15.7 Å². The van der Waals surface area contributed by atoms with Gasteiger partial charge in [0.25, 0.3) is 0 Å². The Morgan fingerprint density at radius 2 is 1.55 bits per heavy atom. The number of carbonyl (C=O) groups is 1. The Kier molecular flexibility index (Phi) is 8.57. The van der Waals surface area contributed by atoms with Gasteiger partial charge in [-0.25, -0.2) is 4.79 Å². The first-order valence-corrected chi connectivity index (χ1v) is 8.49. The number of hydrogen-bond donors (Lipinski definition) is 2. The van der Waals surface area contributed by atoms with E-state index in [1.165, 1.54) is 6.42 Å². The van der Waals surface area contributed by atoms with E-state index < -0.39 is 24.6 Å². The Bertz CT molecular complexity index is 290. The normalized spacial score (nSPS) is 20.0. The molecule has 1 fully saturated rings. The van der Waals surface area contributed by atoms with Gasteiger partial charge in [-0.05, 0) is 29.7 Å². The number of aliphatic carboxylic acids is 1. The van der Waals surface area contributed by atoms with Gasteiger partial charge in [0, 0.05) is 0 Å². The third-order valence-electron chi connectivity index (χ3n) is 3.19. The van der Waals surface area contributed by atoms with Gasteiger partial charge in [0.15, 0.2) is 0 Å². The quantitative estimate of drug-likeness (QED) is 0.475. The van der Waals surface area contributed by atoms with Gasteiger partial charge < -0.3 is 27.5 Å². The molecule has 0 heterocycles. The summed E-state index contributed by atoms with van der Waals surface area (Å²) < 4.78 is 39.0. The molecule has 2 atom stereocenters. The first-order valence-electron chi connectivity index (χ1n) is 6.38. The summed E-state index contributed by atoms with van der Waals surface area (Å²) in [6, 6.07) is 0. The van der Waals surface area contributed by atoms with Crippen molar-refractivity contribution in [1.29, 1.82) is 0 Å². The van der Waals surface area contributed by atoms with Gasteiger partial charge in [-0.1, -0.05) is 19.3 Å². The number of aliphatic hydroxyl groups excluding tert-OH is 1. The van der Waals surface area contributed by atoms with E-state index in [1.807, 2.05) is 12.5 Å². The van der Waals surface area contributed by atoms with E-state index in [0.717, 1.165) is 25.7 Å². The fourth-order valence-electron chi connectivity index (χ4n) is 2.35. The van der Waals surface area contributed by atoms with Gasteiger partial charge >= 0.3 is 13.2 Å². The highest BCUT2D eigenvalue weighted by Gasteiger charge is 2.41. The summed E-state index contributed by atoms with van der Waals surface area (Å²) in [5.41, 5.74) is 0. The smallest absolute Gasteiger partial charge is 0.477 e. The molecule has 1 saturated carbocycles. The highest BCUT2D eigenvalue weighted by atomic mass is 32.2. The minimum Gasteiger partial charge on any atom is -0.477 e. The third-order valence-corrected chi connectivity index (χ3v) is 4.69. The van der Waals surface area contributed by atoms with E-state index in [-0.39, 0.29) is 16.8 Å². The molecule has 0 amide bonds. The second kappa shape index (κ2) is 8.76. The van der Waals surface area contributed by atoms with Crippen molar-refractivity contribution in [2.75, 3.05) is 12.5 Å². The molecule has 0 spiro atoms. The molecule has 0 saturated heterocycles. The fourth-order valence-corrected chi connectivity index (χ4v) is 3.53. The van der Waals surface area contributed by atoms with Crippen LogP contribution in [0.4, 0.5) is 17.3 Å². The lowest BCUT2D eigenvalue weighted by Gasteiger charge is -2.28. The van der Waals surface area contributed by atoms with Gasteiger partial charge in [0.05, 0.1) is 12.5 Å². The molecule has 0 radical (unpaired) electrons. The molecule has 20 heavy (non-hydrogen) atoms. The molecule has 120 valence electrons. The predicted octanol–water partition coefficient (Wildman–Crippen LogP) is 2.56. The van der Waals surface area contributed by atoms with Crippen molar-refractivity contribution in [3.63, 3.8) is 0 Å². The maximum Gasteiger partial charge on any atom is 0.673 e. The minimum atomic E-state index is -6.00.